The van der Waals surface area contributed by atoms with Gasteiger partial charge in [0.2, 0.25) is 0 Å². The zero-order valence-electron chi connectivity index (χ0n) is 15.7. The molecule has 0 radical (unpaired) electrons. The van der Waals surface area contributed by atoms with Gasteiger partial charge in [0.05, 0.1) is 13.7 Å². The number of rotatable bonds is 5. The molecule has 3 rings (SSSR count). The van der Waals surface area contributed by atoms with Gasteiger partial charge < -0.3 is 20.3 Å². The minimum absolute atomic E-state index is 0.0837. The molecule has 1 aliphatic rings. The van der Waals surface area contributed by atoms with Gasteiger partial charge >= 0.3 is 0 Å². The van der Waals surface area contributed by atoms with Gasteiger partial charge in [0.25, 0.3) is 0 Å². The van der Waals surface area contributed by atoms with Crippen LogP contribution in [0.2, 0.25) is 0 Å². The Morgan fingerprint density at radius 1 is 1.23 bits per heavy atom. The summed E-state index contributed by atoms with van der Waals surface area (Å²) >= 11 is 1.68. The SMILES string of the molecule is COc1ccc(C(C)(C)CN=C(N)N2CCN(c3nccs3)CC2)cc1. The highest BCUT2D eigenvalue weighted by Crippen LogP contribution is 2.25. The van der Waals surface area contributed by atoms with Crippen molar-refractivity contribution >= 4 is 22.4 Å². The highest BCUT2D eigenvalue weighted by Gasteiger charge is 2.23. The maximum atomic E-state index is 6.27. The number of methoxy groups -OCH3 is 1. The van der Waals surface area contributed by atoms with Crippen molar-refractivity contribution in [3.63, 3.8) is 0 Å². The van der Waals surface area contributed by atoms with Crippen LogP contribution in [0.4, 0.5) is 5.13 Å². The molecule has 2 N–H and O–H groups in total. The molecule has 6 nitrogen and oxygen atoms in total. The first-order valence-corrected chi connectivity index (χ1v) is 9.71. The summed E-state index contributed by atoms with van der Waals surface area (Å²) in [6, 6.07) is 8.17. The van der Waals surface area contributed by atoms with Gasteiger partial charge in [0.1, 0.15) is 5.75 Å². The summed E-state index contributed by atoms with van der Waals surface area (Å²) < 4.78 is 5.23. The number of guanidine groups is 1. The van der Waals surface area contributed by atoms with E-state index in [1.165, 1.54) is 5.56 Å². The number of benzene rings is 1. The van der Waals surface area contributed by atoms with Crippen LogP contribution in [-0.4, -0.2) is 55.7 Å². The molecule has 0 aliphatic carbocycles. The lowest BCUT2D eigenvalue weighted by Crippen LogP contribution is -2.51. The number of anilines is 1. The fraction of sp³-hybridized carbons (Fsp3) is 0.474. The van der Waals surface area contributed by atoms with Crippen LogP contribution >= 0.6 is 11.3 Å². The summed E-state index contributed by atoms with van der Waals surface area (Å²) in [6.07, 6.45) is 1.85. The van der Waals surface area contributed by atoms with Gasteiger partial charge in [-0.05, 0) is 17.7 Å². The largest absolute Gasteiger partial charge is 0.497 e. The zero-order chi connectivity index (χ0) is 18.6. The number of piperazine rings is 1. The monoisotopic (exact) mass is 373 g/mol. The van der Waals surface area contributed by atoms with Crippen molar-refractivity contribution in [2.45, 2.75) is 19.3 Å². The molecule has 0 atom stereocenters. The van der Waals surface area contributed by atoms with Gasteiger partial charge in [0.15, 0.2) is 11.1 Å². The Bertz CT molecular complexity index is 719. The molecule has 7 heteroatoms. The highest BCUT2D eigenvalue weighted by atomic mass is 32.1. The number of nitrogens with zero attached hydrogens (tertiary/aromatic N) is 4. The van der Waals surface area contributed by atoms with Crippen molar-refractivity contribution in [1.29, 1.82) is 0 Å². The molecule has 1 aliphatic heterocycles. The molecule has 1 fully saturated rings. The van der Waals surface area contributed by atoms with Crippen molar-refractivity contribution in [2.24, 2.45) is 10.7 Å². The second-order valence-electron chi connectivity index (χ2n) is 7.08. The fourth-order valence-corrected chi connectivity index (χ4v) is 3.71. The van der Waals surface area contributed by atoms with Crippen LogP contribution in [0.1, 0.15) is 19.4 Å². The standard InChI is InChI=1S/C19H27N5OS/c1-19(2,15-4-6-16(25-3)7-5-15)14-22-17(20)23-9-11-24(12-10-23)18-21-8-13-26-18/h4-8,13H,9-12,14H2,1-3H3,(H2,20,22). The van der Waals surface area contributed by atoms with Crippen LogP contribution in [0.15, 0.2) is 40.8 Å². The third kappa shape index (κ3) is 4.27. The molecule has 1 aromatic carbocycles. The average Bonchev–Trinajstić information content (AvgIpc) is 3.21. The molecule has 2 heterocycles. The normalized spacial score (nSPS) is 16.0. The van der Waals surface area contributed by atoms with E-state index in [-0.39, 0.29) is 5.41 Å². The molecule has 0 spiro atoms. The van der Waals surface area contributed by atoms with Gasteiger partial charge in [-0.25, -0.2) is 4.98 Å². The number of hydrogen-bond donors (Lipinski definition) is 1. The summed E-state index contributed by atoms with van der Waals surface area (Å²) in [7, 11) is 1.68. The molecular weight excluding hydrogens is 346 g/mol. The van der Waals surface area contributed by atoms with Gasteiger partial charge in [-0.15, -0.1) is 11.3 Å². The van der Waals surface area contributed by atoms with Crippen LogP contribution in [0.3, 0.4) is 0 Å². The second kappa shape index (κ2) is 7.95. The summed E-state index contributed by atoms with van der Waals surface area (Å²) in [5.41, 5.74) is 7.41. The Balaban J connectivity index is 1.57. The molecule has 1 aromatic heterocycles. The summed E-state index contributed by atoms with van der Waals surface area (Å²) in [5.74, 6) is 1.50. The Morgan fingerprint density at radius 2 is 1.92 bits per heavy atom. The molecule has 2 aromatic rings. The van der Waals surface area contributed by atoms with Gasteiger partial charge in [0, 0.05) is 43.2 Å². The van der Waals surface area contributed by atoms with Gasteiger partial charge in [-0.2, -0.15) is 0 Å². The fourth-order valence-electron chi connectivity index (χ4n) is 3.01. The Labute approximate surface area is 159 Å². The van der Waals surface area contributed by atoms with Gasteiger partial charge in [-0.3, -0.25) is 4.99 Å². The van der Waals surface area contributed by atoms with Gasteiger partial charge in [-0.1, -0.05) is 26.0 Å². The number of hydrogen-bond acceptors (Lipinski definition) is 5. The lowest BCUT2D eigenvalue weighted by atomic mass is 9.85. The van der Waals surface area contributed by atoms with E-state index in [0.29, 0.717) is 12.5 Å². The Hall–Kier alpha value is -2.28. The lowest BCUT2D eigenvalue weighted by molar-refractivity contribution is 0.378. The highest BCUT2D eigenvalue weighted by molar-refractivity contribution is 7.13. The molecule has 26 heavy (non-hydrogen) atoms. The molecule has 0 unspecified atom stereocenters. The number of thiazole rings is 1. The predicted octanol–water partition coefficient (Wildman–Crippen LogP) is 2.57. The van der Waals surface area contributed by atoms with Crippen LogP contribution in [0.5, 0.6) is 5.75 Å². The molecule has 0 saturated carbocycles. The van der Waals surface area contributed by atoms with E-state index in [0.717, 1.165) is 37.1 Å². The van der Waals surface area contributed by atoms with E-state index in [1.807, 2.05) is 23.7 Å². The van der Waals surface area contributed by atoms with E-state index in [2.05, 4.69) is 45.8 Å². The Kier molecular flexibility index (Phi) is 5.66. The van der Waals surface area contributed by atoms with Crippen molar-refractivity contribution in [1.82, 2.24) is 9.88 Å². The topological polar surface area (TPSA) is 67.0 Å². The zero-order valence-corrected chi connectivity index (χ0v) is 16.5. The molecule has 0 amide bonds. The summed E-state index contributed by atoms with van der Waals surface area (Å²) in [4.78, 5) is 13.5. The number of ether oxygens (including phenoxy) is 1. The smallest absolute Gasteiger partial charge is 0.191 e. The molecule has 1 saturated heterocycles. The Morgan fingerprint density at radius 3 is 2.50 bits per heavy atom. The minimum atomic E-state index is -0.0837. The van der Waals surface area contributed by atoms with Crippen LogP contribution in [-0.2, 0) is 5.41 Å². The van der Waals surface area contributed by atoms with Crippen molar-refractivity contribution in [2.75, 3.05) is 44.7 Å². The van der Waals surface area contributed by atoms with Crippen molar-refractivity contribution < 1.29 is 4.74 Å². The first-order chi connectivity index (χ1) is 12.5. The maximum Gasteiger partial charge on any atom is 0.191 e. The molecule has 140 valence electrons. The van der Waals surface area contributed by atoms with E-state index >= 15 is 0 Å². The van der Waals surface area contributed by atoms with Crippen molar-refractivity contribution in [3.05, 3.63) is 41.4 Å². The van der Waals surface area contributed by atoms with E-state index in [1.54, 1.807) is 18.4 Å². The van der Waals surface area contributed by atoms with Crippen LogP contribution < -0.4 is 15.4 Å². The van der Waals surface area contributed by atoms with E-state index in [4.69, 9.17) is 10.5 Å². The third-order valence-electron chi connectivity index (χ3n) is 4.80. The number of aliphatic imine (C=N–C) groups is 1. The first-order valence-electron chi connectivity index (χ1n) is 8.83. The van der Waals surface area contributed by atoms with Crippen LogP contribution in [0.25, 0.3) is 0 Å². The molecular formula is C19H27N5OS. The maximum absolute atomic E-state index is 6.27. The summed E-state index contributed by atoms with van der Waals surface area (Å²) in [5, 5.41) is 3.10. The quantitative estimate of drug-likeness (QED) is 0.644. The van der Waals surface area contributed by atoms with Crippen LogP contribution in [0, 0.1) is 0 Å². The minimum Gasteiger partial charge on any atom is -0.497 e. The predicted molar refractivity (Wildman–Crippen MR) is 108 cm³/mol. The summed E-state index contributed by atoms with van der Waals surface area (Å²) in [6.45, 7) is 8.61. The number of aromatic nitrogens is 1. The first kappa shape index (κ1) is 18.5. The van der Waals surface area contributed by atoms with Crippen molar-refractivity contribution in [3.8, 4) is 5.75 Å². The van der Waals surface area contributed by atoms with E-state index in [9.17, 15) is 0 Å². The average molecular weight is 374 g/mol. The third-order valence-corrected chi connectivity index (χ3v) is 5.63. The molecule has 0 bridgehead atoms. The lowest BCUT2D eigenvalue weighted by Gasteiger charge is -2.35. The second-order valence-corrected chi connectivity index (χ2v) is 7.95. The van der Waals surface area contributed by atoms with E-state index < -0.39 is 0 Å². The number of nitrogens with two attached hydrogens (primary N) is 1.